The second-order valence-electron chi connectivity index (χ2n) is 6.91. The first-order chi connectivity index (χ1) is 15.3. The second-order valence-corrected chi connectivity index (χ2v) is 9.58. The van der Waals surface area contributed by atoms with Gasteiger partial charge in [0.1, 0.15) is 22.2 Å². The molecule has 3 aromatic carbocycles. The van der Waals surface area contributed by atoms with Crippen LogP contribution >= 0.6 is 15.9 Å². The van der Waals surface area contributed by atoms with E-state index in [1.807, 2.05) is 0 Å². The number of hydrogen-bond donors (Lipinski definition) is 0. The van der Waals surface area contributed by atoms with Gasteiger partial charge in [0.2, 0.25) is 0 Å². The number of halogens is 2. The first kappa shape index (κ1) is 22.1. The average Bonchev–Trinajstić information content (AvgIpc) is 2.77. The highest BCUT2D eigenvalue weighted by Gasteiger charge is 2.43. The van der Waals surface area contributed by atoms with Crippen LogP contribution in [0.4, 0.5) is 20.6 Å². The third kappa shape index (κ3) is 3.80. The van der Waals surface area contributed by atoms with Crippen molar-refractivity contribution in [1.29, 1.82) is 0 Å². The molecule has 3 aromatic rings. The first-order valence-corrected chi connectivity index (χ1v) is 11.6. The van der Waals surface area contributed by atoms with Crippen molar-refractivity contribution in [3.05, 3.63) is 76.5 Å². The van der Waals surface area contributed by atoms with Gasteiger partial charge in [0.25, 0.3) is 10.0 Å². The lowest BCUT2D eigenvalue weighted by atomic mass is 10.2. The molecule has 0 N–H and O–H groups in total. The third-order valence-electron chi connectivity index (χ3n) is 4.99. The van der Waals surface area contributed by atoms with Gasteiger partial charge in [-0.1, -0.05) is 34.1 Å². The Bertz CT molecular complexity index is 1290. The number of carbonyl (C=O) groups is 1. The van der Waals surface area contributed by atoms with Crippen LogP contribution in [0.2, 0.25) is 0 Å². The van der Waals surface area contributed by atoms with Crippen molar-refractivity contribution in [2.75, 3.05) is 23.4 Å². The predicted octanol–water partition coefficient (Wildman–Crippen LogP) is 4.94. The molecule has 0 unspecified atom stereocenters. The minimum atomic E-state index is -4.25. The Morgan fingerprint density at radius 3 is 2.25 bits per heavy atom. The molecule has 0 radical (unpaired) electrons. The van der Waals surface area contributed by atoms with Gasteiger partial charge < -0.3 is 9.47 Å². The van der Waals surface area contributed by atoms with Crippen molar-refractivity contribution in [3.8, 4) is 11.5 Å². The zero-order valence-electron chi connectivity index (χ0n) is 17.1. The zero-order valence-corrected chi connectivity index (χ0v) is 19.5. The van der Waals surface area contributed by atoms with Crippen molar-refractivity contribution < 1.29 is 27.1 Å². The van der Waals surface area contributed by atoms with Gasteiger partial charge in [-0.15, -0.1) is 0 Å². The third-order valence-corrected chi connectivity index (χ3v) is 7.24. The van der Waals surface area contributed by atoms with E-state index in [9.17, 15) is 17.6 Å². The van der Waals surface area contributed by atoms with E-state index in [1.54, 1.807) is 24.3 Å². The molecule has 0 atom stereocenters. The van der Waals surface area contributed by atoms with E-state index in [0.29, 0.717) is 20.3 Å². The topological polar surface area (TPSA) is 76.2 Å². The van der Waals surface area contributed by atoms with Crippen molar-refractivity contribution >= 4 is 43.4 Å². The highest BCUT2D eigenvalue weighted by Crippen LogP contribution is 2.40. The minimum Gasteiger partial charge on any atom is -0.497 e. The number of nitrogens with zero attached hydrogens (tertiary/aromatic N) is 2. The lowest BCUT2D eigenvalue weighted by Crippen LogP contribution is -2.50. The van der Waals surface area contributed by atoms with E-state index in [-0.39, 0.29) is 28.4 Å². The summed E-state index contributed by atoms with van der Waals surface area (Å²) in [5.41, 5.74) is 0.451. The number of benzene rings is 3. The maximum Gasteiger partial charge on any atom is 0.343 e. The summed E-state index contributed by atoms with van der Waals surface area (Å²) in [6.45, 7) is -0.165. The van der Waals surface area contributed by atoms with Crippen LogP contribution in [0.15, 0.2) is 70.0 Å². The van der Waals surface area contributed by atoms with Crippen LogP contribution in [0.3, 0.4) is 0 Å². The summed E-state index contributed by atoms with van der Waals surface area (Å²) in [6.07, 6.45) is 0. The summed E-state index contributed by atoms with van der Waals surface area (Å²) >= 11 is 3.21. The quantitative estimate of drug-likeness (QED) is 0.476. The van der Waals surface area contributed by atoms with Crippen LogP contribution in [0.1, 0.15) is 5.56 Å². The normalized spacial score (nSPS) is 14.8. The molecule has 0 aromatic heterocycles. The van der Waals surface area contributed by atoms with E-state index >= 15 is 0 Å². The number of hydrogen-bond acceptors (Lipinski definition) is 5. The molecule has 0 aliphatic carbocycles. The van der Waals surface area contributed by atoms with Gasteiger partial charge >= 0.3 is 6.03 Å². The maximum absolute atomic E-state index is 14.5. The smallest absolute Gasteiger partial charge is 0.343 e. The number of fused-ring (bicyclic) bond motifs is 1. The molecule has 0 saturated carbocycles. The van der Waals surface area contributed by atoms with Crippen molar-refractivity contribution in [2.45, 2.75) is 11.4 Å². The summed E-state index contributed by atoms with van der Waals surface area (Å²) in [6, 6.07) is 14.2. The SMILES string of the molecule is COc1cc(OC)cc(N2C(=O)N(Cc3ccc(Br)cc3F)c3ccccc3S2(=O)=O)c1. The summed E-state index contributed by atoms with van der Waals surface area (Å²) in [7, 11) is -1.41. The standard InChI is InChI=1S/C22H18BrFN2O5S/c1-30-17-10-16(11-18(12-17)31-2)26-22(27)25(13-14-7-8-15(23)9-19(14)24)20-5-3-4-6-21(20)32(26,28)29/h3-12H,13H2,1-2H3. The Hall–Kier alpha value is -3.11. The monoisotopic (exact) mass is 520 g/mol. The van der Waals surface area contributed by atoms with Gasteiger partial charge in [0, 0.05) is 28.2 Å². The number of anilines is 2. The molecule has 7 nitrogen and oxygen atoms in total. The van der Waals surface area contributed by atoms with E-state index in [2.05, 4.69) is 15.9 Å². The molecule has 2 amide bonds. The van der Waals surface area contributed by atoms with Gasteiger partial charge in [-0.05, 0) is 24.3 Å². The summed E-state index contributed by atoms with van der Waals surface area (Å²) in [4.78, 5) is 14.7. The second kappa shape index (κ2) is 8.44. The Labute approximate surface area is 193 Å². The number of methoxy groups -OCH3 is 2. The molecule has 0 fully saturated rings. The van der Waals surface area contributed by atoms with Crippen LogP contribution < -0.4 is 18.7 Å². The fourth-order valence-corrected chi connectivity index (χ4v) is 5.35. The largest absolute Gasteiger partial charge is 0.497 e. The van der Waals surface area contributed by atoms with Crippen molar-refractivity contribution in [2.24, 2.45) is 0 Å². The van der Waals surface area contributed by atoms with Crippen LogP contribution in [0.25, 0.3) is 0 Å². The first-order valence-electron chi connectivity index (χ1n) is 9.39. The van der Waals surface area contributed by atoms with Gasteiger partial charge in [0.15, 0.2) is 0 Å². The number of rotatable bonds is 5. The Balaban J connectivity index is 1.89. The van der Waals surface area contributed by atoms with E-state index in [4.69, 9.17) is 9.47 Å². The van der Waals surface area contributed by atoms with E-state index in [1.165, 1.54) is 55.5 Å². The molecule has 0 spiro atoms. The molecule has 0 saturated heterocycles. The molecule has 4 rings (SSSR count). The van der Waals surface area contributed by atoms with Crippen LogP contribution in [-0.2, 0) is 16.6 Å². The molecule has 10 heteroatoms. The predicted molar refractivity (Wildman–Crippen MR) is 121 cm³/mol. The highest BCUT2D eigenvalue weighted by molar-refractivity contribution is 9.10. The van der Waals surface area contributed by atoms with Crippen LogP contribution in [0, 0.1) is 5.82 Å². The summed E-state index contributed by atoms with van der Waals surface area (Å²) < 4.78 is 53.1. The highest BCUT2D eigenvalue weighted by atomic mass is 79.9. The van der Waals surface area contributed by atoms with Gasteiger partial charge in [-0.25, -0.2) is 17.6 Å². The number of sulfonamides is 1. The number of ether oxygens (including phenoxy) is 2. The molecular weight excluding hydrogens is 503 g/mol. The summed E-state index contributed by atoms with van der Waals surface area (Å²) in [5, 5.41) is 0. The lowest BCUT2D eigenvalue weighted by molar-refractivity contribution is 0.253. The van der Waals surface area contributed by atoms with Gasteiger partial charge in [0.05, 0.1) is 32.1 Å². The van der Waals surface area contributed by atoms with E-state index < -0.39 is 21.9 Å². The van der Waals surface area contributed by atoms with Crippen LogP contribution in [0.5, 0.6) is 11.5 Å². The molecular formula is C22H18BrFN2O5S. The van der Waals surface area contributed by atoms with Crippen molar-refractivity contribution in [3.63, 3.8) is 0 Å². The number of urea groups is 1. The molecule has 0 bridgehead atoms. The number of carbonyl (C=O) groups excluding carboxylic acids is 1. The fraction of sp³-hybridized carbons (Fsp3) is 0.136. The van der Waals surface area contributed by atoms with Gasteiger partial charge in [-0.3, -0.25) is 4.90 Å². The van der Waals surface area contributed by atoms with Crippen LogP contribution in [-0.4, -0.2) is 28.7 Å². The molecule has 1 aliphatic rings. The minimum absolute atomic E-state index is 0.0435. The van der Waals surface area contributed by atoms with Crippen molar-refractivity contribution in [1.82, 2.24) is 0 Å². The fourth-order valence-electron chi connectivity index (χ4n) is 3.44. The Morgan fingerprint density at radius 2 is 1.62 bits per heavy atom. The number of amides is 2. The molecule has 1 aliphatic heterocycles. The summed E-state index contributed by atoms with van der Waals surface area (Å²) in [5.74, 6) is 0.103. The van der Waals surface area contributed by atoms with E-state index in [0.717, 1.165) is 0 Å². The lowest BCUT2D eigenvalue weighted by Gasteiger charge is -2.36. The Morgan fingerprint density at radius 1 is 0.969 bits per heavy atom. The molecule has 1 heterocycles. The average molecular weight is 521 g/mol. The molecule has 166 valence electrons. The number of para-hydroxylation sites is 1. The van der Waals surface area contributed by atoms with Gasteiger partial charge in [-0.2, -0.15) is 4.31 Å². The Kier molecular flexibility index (Phi) is 5.83. The maximum atomic E-state index is 14.5. The molecule has 32 heavy (non-hydrogen) atoms. The zero-order chi connectivity index (χ0) is 23.0.